The summed E-state index contributed by atoms with van der Waals surface area (Å²) in [6, 6.07) is 0. The van der Waals surface area contributed by atoms with Gasteiger partial charge in [-0.3, -0.25) is 9.59 Å². The number of nitrogens with zero attached hydrogens (tertiary/aromatic N) is 2. The fraction of sp³-hybridized carbons (Fsp3) is 0.636. The molecule has 1 aliphatic rings. The van der Waals surface area contributed by atoms with Gasteiger partial charge in [-0.15, -0.1) is 0 Å². The number of hydrogen-bond acceptors (Lipinski definition) is 5. The van der Waals surface area contributed by atoms with Crippen LogP contribution in [0.5, 0.6) is 0 Å². The number of rotatable bonds is 3. The first-order valence-corrected chi connectivity index (χ1v) is 5.53. The van der Waals surface area contributed by atoms with E-state index in [1.54, 1.807) is 0 Å². The smallest absolute Gasteiger partial charge is 0.330 e. The molecular weight excluding hydrogens is 238 g/mol. The van der Waals surface area contributed by atoms with Crippen molar-refractivity contribution in [1.82, 2.24) is 10.3 Å². The highest BCUT2D eigenvalue weighted by molar-refractivity contribution is 6.40. The Morgan fingerprint density at radius 2 is 2.00 bits per heavy atom. The Morgan fingerprint density at radius 1 is 1.39 bits per heavy atom. The van der Waals surface area contributed by atoms with Gasteiger partial charge in [-0.1, -0.05) is 0 Å². The lowest BCUT2D eigenvalue weighted by molar-refractivity contribution is -0.148. The van der Waals surface area contributed by atoms with E-state index in [9.17, 15) is 14.4 Å². The van der Waals surface area contributed by atoms with Gasteiger partial charge >= 0.3 is 5.97 Å². The molecule has 1 heterocycles. The summed E-state index contributed by atoms with van der Waals surface area (Å²) in [5, 5.41) is 7.53. The van der Waals surface area contributed by atoms with Gasteiger partial charge in [-0.05, 0) is 13.8 Å². The quantitative estimate of drug-likeness (QED) is 0.699. The molecule has 0 saturated carbocycles. The zero-order chi connectivity index (χ0) is 13.9. The average molecular weight is 255 g/mol. The second kappa shape index (κ2) is 5.16. The van der Waals surface area contributed by atoms with E-state index >= 15 is 0 Å². The van der Waals surface area contributed by atoms with Gasteiger partial charge in [-0.2, -0.15) is 5.10 Å². The zero-order valence-corrected chi connectivity index (χ0v) is 10.9. The third kappa shape index (κ3) is 3.06. The molecule has 1 rings (SSSR count). The van der Waals surface area contributed by atoms with Crippen molar-refractivity contribution in [3.63, 3.8) is 0 Å². The standard InChI is InChI=1S/C11H17N3O4/c1-11(2,10(17)18-4)12-9(16)7-5-6-8(15)14(3)13-7/h5-6H2,1-4H3,(H,12,16). The summed E-state index contributed by atoms with van der Waals surface area (Å²) >= 11 is 0. The van der Waals surface area contributed by atoms with Gasteiger partial charge in [0, 0.05) is 19.9 Å². The molecular formula is C11H17N3O4. The molecule has 2 amide bonds. The summed E-state index contributed by atoms with van der Waals surface area (Å²) in [5.74, 6) is -1.15. The van der Waals surface area contributed by atoms with Gasteiger partial charge in [0.2, 0.25) is 5.91 Å². The van der Waals surface area contributed by atoms with Crippen LogP contribution in [0.3, 0.4) is 0 Å². The fourth-order valence-corrected chi connectivity index (χ4v) is 1.50. The van der Waals surface area contributed by atoms with Gasteiger partial charge in [0.05, 0.1) is 7.11 Å². The van der Waals surface area contributed by atoms with Crippen molar-refractivity contribution in [1.29, 1.82) is 0 Å². The maximum absolute atomic E-state index is 11.9. The molecule has 100 valence electrons. The average Bonchev–Trinajstić information content (AvgIpc) is 2.30. The van der Waals surface area contributed by atoms with E-state index < -0.39 is 17.4 Å². The maximum Gasteiger partial charge on any atom is 0.330 e. The van der Waals surface area contributed by atoms with Crippen LogP contribution in [0.25, 0.3) is 0 Å². The van der Waals surface area contributed by atoms with E-state index in [-0.39, 0.29) is 24.5 Å². The molecule has 0 radical (unpaired) electrons. The van der Waals surface area contributed by atoms with Gasteiger partial charge in [0.25, 0.3) is 5.91 Å². The van der Waals surface area contributed by atoms with E-state index in [1.807, 2.05) is 0 Å². The third-order valence-electron chi connectivity index (χ3n) is 2.59. The topological polar surface area (TPSA) is 88.1 Å². The summed E-state index contributed by atoms with van der Waals surface area (Å²) in [6.45, 7) is 3.07. The van der Waals surface area contributed by atoms with Crippen LogP contribution < -0.4 is 5.32 Å². The zero-order valence-electron chi connectivity index (χ0n) is 10.9. The number of methoxy groups -OCH3 is 1. The molecule has 0 atom stereocenters. The molecule has 0 aromatic rings. The summed E-state index contributed by atoms with van der Waals surface area (Å²) < 4.78 is 4.58. The minimum Gasteiger partial charge on any atom is -0.467 e. The first-order valence-electron chi connectivity index (χ1n) is 5.53. The van der Waals surface area contributed by atoms with Crippen LogP contribution in [-0.4, -0.2) is 48.2 Å². The highest BCUT2D eigenvalue weighted by Crippen LogP contribution is 2.10. The Bertz CT molecular complexity index is 415. The number of esters is 1. The van der Waals surface area contributed by atoms with Crippen LogP contribution in [0.4, 0.5) is 0 Å². The monoisotopic (exact) mass is 255 g/mol. The molecule has 1 aliphatic heterocycles. The van der Waals surface area contributed by atoms with Crippen LogP contribution in [0.1, 0.15) is 26.7 Å². The third-order valence-corrected chi connectivity index (χ3v) is 2.59. The van der Waals surface area contributed by atoms with Gasteiger partial charge in [-0.25, -0.2) is 9.80 Å². The lowest BCUT2D eigenvalue weighted by Gasteiger charge is -2.25. The van der Waals surface area contributed by atoms with Crippen molar-refractivity contribution in [3.8, 4) is 0 Å². The Hall–Kier alpha value is -1.92. The minimum absolute atomic E-state index is 0.140. The first-order chi connectivity index (χ1) is 8.27. The van der Waals surface area contributed by atoms with Crippen molar-refractivity contribution in [2.45, 2.75) is 32.2 Å². The molecule has 0 aliphatic carbocycles. The molecule has 0 unspecified atom stereocenters. The second-order valence-corrected chi connectivity index (χ2v) is 4.53. The number of hydrazone groups is 1. The van der Waals surface area contributed by atoms with Crippen molar-refractivity contribution < 1.29 is 19.1 Å². The number of carbonyl (C=O) groups excluding carboxylic acids is 3. The SMILES string of the molecule is COC(=O)C(C)(C)NC(=O)C1=NN(C)C(=O)CC1. The second-order valence-electron chi connectivity index (χ2n) is 4.53. The minimum atomic E-state index is -1.13. The lowest BCUT2D eigenvalue weighted by atomic mass is 10.0. The molecule has 0 bridgehead atoms. The van der Waals surface area contributed by atoms with Crippen molar-refractivity contribution in [2.24, 2.45) is 5.10 Å². The van der Waals surface area contributed by atoms with Crippen molar-refractivity contribution >= 4 is 23.5 Å². The van der Waals surface area contributed by atoms with Crippen molar-refractivity contribution in [2.75, 3.05) is 14.2 Å². The lowest BCUT2D eigenvalue weighted by Crippen LogP contribution is -2.53. The molecule has 0 aromatic carbocycles. The van der Waals surface area contributed by atoms with E-state index in [1.165, 1.54) is 28.0 Å². The molecule has 7 heteroatoms. The summed E-state index contributed by atoms with van der Waals surface area (Å²) in [4.78, 5) is 34.5. The fourth-order valence-electron chi connectivity index (χ4n) is 1.50. The number of carbonyl (C=O) groups is 3. The molecule has 0 aromatic heterocycles. The maximum atomic E-state index is 11.9. The summed E-state index contributed by atoms with van der Waals surface area (Å²) in [6.07, 6.45) is 0.508. The summed E-state index contributed by atoms with van der Waals surface area (Å²) in [7, 11) is 2.74. The van der Waals surface area contributed by atoms with Crippen LogP contribution >= 0.6 is 0 Å². The Labute approximate surface area is 105 Å². The summed E-state index contributed by atoms with van der Waals surface area (Å²) in [5.41, 5.74) is -0.900. The Morgan fingerprint density at radius 3 is 2.50 bits per heavy atom. The van der Waals surface area contributed by atoms with Crippen LogP contribution in [0.15, 0.2) is 5.10 Å². The Kier molecular flexibility index (Phi) is 4.05. The van der Waals surface area contributed by atoms with Crippen LogP contribution in [-0.2, 0) is 19.1 Å². The first kappa shape index (κ1) is 14.1. The molecule has 0 fully saturated rings. The molecule has 0 saturated heterocycles. The van der Waals surface area contributed by atoms with Gasteiger partial charge in [0.1, 0.15) is 11.3 Å². The number of ether oxygens (including phenoxy) is 1. The predicted octanol–water partition coefficient (Wildman–Crippen LogP) is -0.338. The van der Waals surface area contributed by atoms with Crippen molar-refractivity contribution in [3.05, 3.63) is 0 Å². The highest BCUT2D eigenvalue weighted by atomic mass is 16.5. The van der Waals surface area contributed by atoms with E-state index in [0.717, 1.165) is 5.01 Å². The Balaban J connectivity index is 2.75. The molecule has 1 N–H and O–H groups in total. The van der Waals surface area contributed by atoms with Gasteiger partial charge < -0.3 is 10.1 Å². The molecule has 0 spiro atoms. The largest absolute Gasteiger partial charge is 0.467 e. The van der Waals surface area contributed by atoms with E-state index in [2.05, 4.69) is 15.2 Å². The van der Waals surface area contributed by atoms with Gasteiger partial charge in [0.15, 0.2) is 0 Å². The normalized spacial score (nSPS) is 16.1. The molecule has 18 heavy (non-hydrogen) atoms. The number of hydrogen-bond donors (Lipinski definition) is 1. The number of nitrogens with one attached hydrogen (secondary N) is 1. The van der Waals surface area contributed by atoms with E-state index in [0.29, 0.717) is 0 Å². The molecule has 7 nitrogen and oxygen atoms in total. The van der Waals surface area contributed by atoms with Crippen LogP contribution in [0, 0.1) is 0 Å². The number of amides is 2. The van der Waals surface area contributed by atoms with E-state index in [4.69, 9.17) is 0 Å². The highest BCUT2D eigenvalue weighted by Gasteiger charge is 2.33. The van der Waals surface area contributed by atoms with Crippen LogP contribution in [0.2, 0.25) is 0 Å². The predicted molar refractivity (Wildman–Crippen MR) is 63.7 cm³/mol.